The van der Waals surface area contributed by atoms with E-state index < -0.39 is 38.9 Å². The van der Waals surface area contributed by atoms with Crippen molar-refractivity contribution in [3.05, 3.63) is 121 Å². The van der Waals surface area contributed by atoms with E-state index in [4.69, 9.17) is 20.0 Å². The van der Waals surface area contributed by atoms with E-state index in [1.165, 1.54) is 20.7 Å². The SMILES string of the molecule is C#C[Si](C)(C)C.CC(C#C[Si](C)(C)C)C(O)CO[Si](c1ccccc1)(c1ccccc1)C(C)(C)C.CC1OC1CO[Si](c1ccccc1)(c1ccccc1)C(C)(C)C. The molecule has 1 heterocycles. The second-order valence-electron chi connectivity index (χ2n) is 19.6. The zero-order valence-electron chi connectivity index (χ0n) is 38.0. The molecule has 4 aromatic rings. The van der Waals surface area contributed by atoms with Gasteiger partial charge in [-0.3, -0.25) is 0 Å². The lowest BCUT2D eigenvalue weighted by Gasteiger charge is -2.43. The second-order valence-corrected chi connectivity index (χ2v) is 37.7. The number of hydrogen-bond acceptors (Lipinski definition) is 4. The molecule has 4 atom stereocenters. The molecule has 1 aliphatic rings. The van der Waals surface area contributed by atoms with Crippen molar-refractivity contribution in [1.82, 2.24) is 0 Å². The molecule has 0 spiro atoms. The van der Waals surface area contributed by atoms with Crippen LogP contribution >= 0.6 is 0 Å². The molecule has 0 amide bonds. The van der Waals surface area contributed by atoms with Crippen LogP contribution in [0.25, 0.3) is 0 Å². The fourth-order valence-electron chi connectivity index (χ4n) is 6.92. The van der Waals surface area contributed by atoms with Crippen molar-refractivity contribution in [3.8, 4) is 23.4 Å². The molecule has 58 heavy (non-hydrogen) atoms. The van der Waals surface area contributed by atoms with Crippen LogP contribution in [0, 0.1) is 29.3 Å². The molecule has 0 bridgehead atoms. The third-order valence-electron chi connectivity index (χ3n) is 10.3. The molecule has 4 unspecified atom stereocenters. The molecule has 1 N–H and O–H groups in total. The molecule has 0 saturated carbocycles. The molecule has 1 aliphatic heterocycles. The van der Waals surface area contributed by atoms with E-state index in [0.717, 1.165) is 0 Å². The van der Waals surface area contributed by atoms with Crippen LogP contribution in [0.5, 0.6) is 0 Å². The van der Waals surface area contributed by atoms with Gasteiger partial charge in [-0.15, -0.1) is 23.4 Å². The fraction of sp³-hybridized carbons (Fsp3) is 0.440. The second kappa shape index (κ2) is 20.8. The van der Waals surface area contributed by atoms with Crippen LogP contribution in [0.15, 0.2) is 121 Å². The zero-order valence-corrected chi connectivity index (χ0v) is 42.0. The Morgan fingerprint density at radius 3 is 1.19 bits per heavy atom. The summed E-state index contributed by atoms with van der Waals surface area (Å²) in [4.78, 5) is 0. The molecule has 5 rings (SSSR count). The molecule has 1 fully saturated rings. The monoisotopic (exact) mass is 848 g/mol. The predicted octanol–water partition coefficient (Wildman–Crippen LogP) is 9.29. The highest BCUT2D eigenvalue weighted by Gasteiger charge is 2.52. The number of hydrogen-bond donors (Lipinski definition) is 1. The molecule has 8 heteroatoms. The smallest absolute Gasteiger partial charge is 0.261 e. The average Bonchev–Trinajstić information content (AvgIpc) is 3.89. The van der Waals surface area contributed by atoms with Crippen molar-refractivity contribution < 1.29 is 18.7 Å². The van der Waals surface area contributed by atoms with Gasteiger partial charge in [0.1, 0.15) is 22.3 Å². The third kappa shape index (κ3) is 13.6. The van der Waals surface area contributed by atoms with Crippen LogP contribution in [0.1, 0.15) is 55.4 Å². The minimum atomic E-state index is -2.62. The molecular weight excluding hydrogens is 777 g/mol. The summed E-state index contributed by atoms with van der Waals surface area (Å²) < 4.78 is 19.2. The lowest BCUT2D eigenvalue weighted by Crippen LogP contribution is -2.67. The maximum absolute atomic E-state index is 10.8. The third-order valence-corrected chi connectivity index (χ3v) is 22.1. The van der Waals surface area contributed by atoms with Gasteiger partial charge in [0.05, 0.1) is 25.4 Å². The summed E-state index contributed by atoms with van der Waals surface area (Å²) in [7, 11) is -7.57. The normalized spacial score (nSPS) is 16.8. The molecule has 4 nitrogen and oxygen atoms in total. The van der Waals surface area contributed by atoms with Crippen LogP contribution in [-0.2, 0) is 13.6 Å². The van der Waals surface area contributed by atoms with Crippen molar-refractivity contribution >= 4 is 53.5 Å². The summed E-state index contributed by atoms with van der Waals surface area (Å²) in [6.07, 6.45) is 5.08. The quantitative estimate of drug-likeness (QED) is 0.0930. The zero-order chi connectivity index (χ0) is 43.4. The minimum absolute atomic E-state index is 0.0356. The Morgan fingerprint density at radius 2 is 0.931 bits per heavy atom. The van der Waals surface area contributed by atoms with E-state index in [1.54, 1.807) is 0 Å². The lowest BCUT2D eigenvalue weighted by atomic mass is 10.1. The summed E-state index contributed by atoms with van der Waals surface area (Å²) in [6, 6.07) is 42.6. The predicted molar refractivity (Wildman–Crippen MR) is 260 cm³/mol. The molecule has 312 valence electrons. The Hall–Kier alpha value is -3.29. The highest BCUT2D eigenvalue weighted by molar-refractivity contribution is 7.00. The van der Waals surface area contributed by atoms with Gasteiger partial charge in [0.25, 0.3) is 16.6 Å². The van der Waals surface area contributed by atoms with Crippen LogP contribution in [0.4, 0.5) is 0 Å². The maximum atomic E-state index is 10.8. The van der Waals surface area contributed by atoms with Crippen molar-refractivity contribution in [2.24, 2.45) is 5.92 Å². The molecule has 0 aromatic heterocycles. The van der Waals surface area contributed by atoms with E-state index in [1.807, 2.05) is 19.1 Å². The topological polar surface area (TPSA) is 51.2 Å². The van der Waals surface area contributed by atoms with E-state index in [9.17, 15) is 5.11 Å². The van der Waals surface area contributed by atoms with Gasteiger partial charge in [-0.2, -0.15) is 0 Å². The van der Waals surface area contributed by atoms with E-state index >= 15 is 0 Å². The lowest BCUT2D eigenvalue weighted by molar-refractivity contribution is 0.0778. The highest BCUT2D eigenvalue weighted by atomic mass is 28.4. The Labute approximate surface area is 357 Å². The Bertz CT molecular complexity index is 1830. The summed E-state index contributed by atoms with van der Waals surface area (Å²) in [5, 5.41) is 15.9. The standard InChI is InChI=1S/C25H36O2Si2.C20H26O2Si.C5H10Si/c1-21(18-19-28(5,6)7)24(26)20-27-29(25(2,3)4,22-14-10-8-11-15-22)23-16-12-9-13-17-23;1-16-19(22-16)15-21-23(20(2,3)4,17-11-7-5-8-12-17)18-13-9-6-10-14-18;1-5-6(2,3)4/h8-17,21,24,26H,20H2,1-7H3;5-14,16,19H,15H2,1-4H3;1H,2-4H3. The first-order valence-electron chi connectivity index (χ1n) is 20.8. The number of rotatable bonds is 11. The van der Waals surface area contributed by atoms with E-state index in [2.05, 4.69) is 214 Å². The first-order valence-corrected chi connectivity index (χ1v) is 31.6. The van der Waals surface area contributed by atoms with Crippen LogP contribution in [-0.4, -0.2) is 69.4 Å². The van der Waals surface area contributed by atoms with Crippen molar-refractivity contribution in [2.45, 2.75) is 123 Å². The molecule has 0 radical (unpaired) electrons. The van der Waals surface area contributed by atoms with Gasteiger partial charge in [0, 0.05) is 5.92 Å². The van der Waals surface area contributed by atoms with Crippen LogP contribution in [0.2, 0.25) is 49.4 Å². The maximum Gasteiger partial charge on any atom is 0.261 e. The average molecular weight is 849 g/mol. The van der Waals surface area contributed by atoms with Crippen LogP contribution < -0.4 is 20.7 Å². The number of epoxide rings is 1. The largest absolute Gasteiger partial charge is 0.405 e. The van der Waals surface area contributed by atoms with Gasteiger partial charge < -0.3 is 18.7 Å². The Morgan fingerprint density at radius 1 is 0.621 bits per heavy atom. The number of ether oxygens (including phenoxy) is 1. The number of aliphatic hydroxyl groups is 1. The van der Waals surface area contributed by atoms with Crippen molar-refractivity contribution in [2.75, 3.05) is 13.2 Å². The fourth-order valence-corrected chi connectivity index (χ4v) is 16.7. The highest BCUT2D eigenvalue weighted by Crippen LogP contribution is 2.38. The van der Waals surface area contributed by atoms with Gasteiger partial charge in [-0.25, -0.2) is 0 Å². The minimum Gasteiger partial charge on any atom is -0.405 e. The molecule has 4 aromatic carbocycles. The van der Waals surface area contributed by atoms with Crippen LogP contribution in [0.3, 0.4) is 0 Å². The summed E-state index contributed by atoms with van der Waals surface area (Å²) in [5.41, 5.74) is 6.12. The number of aliphatic hydroxyl groups excluding tert-OH is 1. The summed E-state index contributed by atoms with van der Waals surface area (Å²) in [6.45, 7) is 31.8. The first-order chi connectivity index (χ1) is 27.0. The molecular formula is C50H72O4Si4. The Balaban J connectivity index is 0.000000277. The van der Waals surface area contributed by atoms with Gasteiger partial charge >= 0.3 is 0 Å². The molecule has 0 aliphatic carbocycles. The van der Waals surface area contributed by atoms with Crippen molar-refractivity contribution in [3.63, 3.8) is 0 Å². The summed E-state index contributed by atoms with van der Waals surface area (Å²) in [5.74, 6) is 3.16. The number of terminal acetylenes is 1. The summed E-state index contributed by atoms with van der Waals surface area (Å²) >= 11 is 0. The van der Waals surface area contributed by atoms with Gasteiger partial charge in [-0.05, 0) is 44.7 Å². The van der Waals surface area contributed by atoms with Gasteiger partial charge in [0.2, 0.25) is 0 Å². The molecule has 1 saturated heterocycles. The van der Waals surface area contributed by atoms with Crippen molar-refractivity contribution in [1.29, 1.82) is 0 Å². The van der Waals surface area contributed by atoms with E-state index in [0.29, 0.717) is 12.7 Å². The van der Waals surface area contributed by atoms with Gasteiger partial charge in [0.15, 0.2) is 0 Å². The van der Waals surface area contributed by atoms with E-state index in [-0.39, 0.29) is 28.7 Å². The first kappa shape index (κ1) is 49.1. The number of benzene rings is 4. The van der Waals surface area contributed by atoms with Gasteiger partial charge in [-0.1, -0.05) is 202 Å². The Kier molecular flexibility index (Phi) is 17.6.